The maximum absolute atomic E-state index is 5.76. The van der Waals surface area contributed by atoms with E-state index in [1.54, 1.807) is 12.3 Å². The van der Waals surface area contributed by atoms with Gasteiger partial charge in [-0.1, -0.05) is 11.6 Å². The summed E-state index contributed by atoms with van der Waals surface area (Å²) in [6.45, 7) is 2.73. The fourth-order valence-electron chi connectivity index (χ4n) is 1.40. The molecule has 2 heterocycles. The molecule has 82 valence electrons. The van der Waals surface area contributed by atoms with Crippen LogP contribution in [0.1, 0.15) is 0 Å². The van der Waals surface area contributed by atoms with E-state index in [0.29, 0.717) is 25.0 Å². The minimum atomic E-state index is 0.116. The average molecular weight is 229 g/mol. The van der Waals surface area contributed by atoms with Gasteiger partial charge >= 0.3 is 0 Å². The number of hydrogen-bond donors (Lipinski definition) is 1. The molecule has 1 aliphatic heterocycles. The van der Waals surface area contributed by atoms with Crippen molar-refractivity contribution in [1.82, 2.24) is 4.98 Å². The summed E-state index contributed by atoms with van der Waals surface area (Å²) >= 11 is 5.76. The van der Waals surface area contributed by atoms with Crippen molar-refractivity contribution in [3.8, 4) is 0 Å². The molecule has 0 amide bonds. The van der Waals surface area contributed by atoms with E-state index in [9.17, 15) is 0 Å². The van der Waals surface area contributed by atoms with Crippen molar-refractivity contribution < 1.29 is 9.47 Å². The predicted molar refractivity (Wildman–Crippen MR) is 58.3 cm³/mol. The highest BCUT2D eigenvalue weighted by Crippen LogP contribution is 2.12. The lowest BCUT2D eigenvalue weighted by molar-refractivity contribution is -0.0818. The number of nitrogens with one attached hydrogen (secondary N) is 1. The van der Waals surface area contributed by atoms with Gasteiger partial charge in [-0.2, -0.15) is 0 Å². The molecule has 1 unspecified atom stereocenters. The number of hydrogen-bond acceptors (Lipinski definition) is 4. The number of rotatable bonds is 3. The molecule has 1 aromatic rings. The molecule has 4 nitrogen and oxygen atoms in total. The van der Waals surface area contributed by atoms with Crippen LogP contribution in [0.3, 0.4) is 0 Å². The van der Waals surface area contributed by atoms with Gasteiger partial charge in [-0.3, -0.25) is 0 Å². The maximum atomic E-state index is 5.76. The standard InChI is InChI=1S/C10H13ClN2O2/c11-10-5-8(1-2-12-10)13-6-9-7-14-3-4-15-9/h1-2,5,9H,3-4,6-7H2,(H,12,13). The maximum Gasteiger partial charge on any atom is 0.131 e. The van der Waals surface area contributed by atoms with Gasteiger partial charge in [0.1, 0.15) is 5.15 Å². The smallest absolute Gasteiger partial charge is 0.131 e. The lowest BCUT2D eigenvalue weighted by Crippen LogP contribution is -2.34. The third-order valence-electron chi connectivity index (χ3n) is 2.15. The highest BCUT2D eigenvalue weighted by molar-refractivity contribution is 6.29. The number of aromatic nitrogens is 1. The van der Waals surface area contributed by atoms with E-state index < -0.39 is 0 Å². The Hall–Kier alpha value is -0.840. The average Bonchev–Trinajstić information content (AvgIpc) is 2.28. The topological polar surface area (TPSA) is 43.4 Å². The first-order valence-corrected chi connectivity index (χ1v) is 5.27. The molecule has 0 aromatic carbocycles. The van der Waals surface area contributed by atoms with Gasteiger partial charge in [-0.05, 0) is 12.1 Å². The highest BCUT2D eigenvalue weighted by atomic mass is 35.5. The zero-order valence-corrected chi connectivity index (χ0v) is 9.04. The molecule has 0 bridgehead atoms. The summed E-state index contributed by atoms with van der Waals surface area (Å²) < 4.78 is 10.8. The summed E-state index contributed by atoms with van der Waals surface area (Å²) in [5, 5.41) is 3.71. The van der Waals surface area contributed by atoms with Crippen molar-refractivity contribution in [1.29, 1.82) is 0 Å². The second kappa shape index (κ2) is 5.30. The summed E-state index contributed by atoms with van der Waals surface area (Å²) in [6, 6.07) is 3.65. The third-order valence-corrected chi connectivity index (χ3v) is 2.35. The minimum absolute atomic E-state index is 0.116. The Morgan fingerprint density at radius 3 is 3.20 bits per heavy atom. The summed E-state index contributed by atoms with van der Waals surface area (Å²) in [5.74, 6) is 0. The fraction of sp³-hybridized carbons (Fsp3) is 0.500. The van der Waals surface area contributed by atoms with E-state index in [1.807, 2.05) is 6.07 Å². The van der Waals surface area contributed by atoms with Crippen LogP contribution < -0.4 is 5.32 Å². The molecule has 2 rings (SSSR count). The Morgan fingerprint density at radius 2 is 2.47 bits per heavy atom. The molecule has 0 radical (unpaired) electrons. The minimum Gasteiger partial charge on any atom is -0.382 e. The zero-order valence-electron chi connectivity index (χ0n) is 8.28. The monoisotopic (exact) mass is 228 g/mol. The van der Waals surface area contributed by atoms with Crippen LogP contribution in [0.4, 0.5) is 5.69 Å². The number of pyridine rings is 1. The second-order valence-corrected chi connectivity index (χ2v) is 3.70. The Balaban J connectivity index is 1.81. The largest absolute Gasteiger partial charge is 0.382 e. The number of nitrogens with zero attached hydrogens (tertiary/aromatic N) is 1. The summed E-state index contributed by atoms with van der Waals surface area (Å²) in [7, 11) is 0. The molecule has 1 saturated heterocycles. The van der Waals surface area contributed by atoms with Crippen LogP contribution in [-0.4, -0.2) is 37.5 Å². The molecule has 0 saturated carbocycles. The molecule has 1 aliphatic rings. The molecule has 5 heteroatoms. The van der Waals surface area contributed by atoms with Crippen molar-refractivity contribution in [2.24, 2.45) is 0 Å². The van der Waals surface area contributed by atoms with Crippen LogP contribution in [0, 0.1) is 0 Å². The van der Waals surface area contributed by atoms with Crippen LogP contribution in [-0.2, 0) is 9.47 Å². The van der Waals surface area contributed by atoms with E-state index in [2.05, 4.69) is 10.3 Å². The van der Waals surface area contributed by atoms with Crippen LogP contribution in [0.15, 0.2) is 18.3 Å². The molecule has 1 fully saturated rings. The Bertz CT molecular complexity index is 316. The molecule has 0 spiro atoms. The van der Waals surface area contributed by atoms with Gasteiger partial charge in [-0.15, -0.1) is 0 Å². The van der Waals surface area contributed by atoms with Gasteiger partial charge in [0, 0.05) is 18.4 Å². The van der Waals surface area contributed by atoms with Gasteiger partial charge < -0.3 is 14.8 Å². The first-order chi connectivity index (χ1) is 7.34. The first kappa shape index (κ1) is 10.7. The lowest BCUT2D eigenvalue weighted by atomic mass is 10.3. The highest BCUT2D eigenvalue weighted by Gasteiger charge is 2.13. The quantitative estimate of drug-likeness (QED) is 0.798. The van der Waals surface area contributed by atoms with Crippen LogP contribution >= 0.6 is 11.6 Å². The van der Waals surface area contributed by atoms with Crippen molar-refractivity contribution in [2.75, 3.05) is 31.7 Å². The van der Waals surface area contributed by atoms with Gasteiger partial charge in [0.15, 0.2) is 0 Å². The Morgan fingerprint density at radius 1 is 1.53 bits per heavy atom. The van der Waals surface area contributed by atoms with Crippen LogP contribution in [0.5, 0.6) is 0 Å². The Kier molecular flexibility index (Phi) is 3.77. The first-order valence-electron chi connectivity index (χ1n) is 4.89. The summed E-state index contributed by atoms with van der Waals surface area (Å²) in [6.07, 6.45) is 1.79. The molecule has 1 N–H and O–H groups in total. The van der Waals surface area contributed by atoms with E-state index in [-0.39, 0.29) is 6.10 Å². The van der Waals surface area contributed by atoms with E-state index >= 15 is 0 Å². The van der Waals surface area contributed by atoms with Crippen molar-refractivity contribution in [3.63, 3.8) is 0 Å². The van der Waals surface area contributed by atoms with Crippen LogP contribution in [0.25, 0.3) is 0 Å². The van der Waals surface area contributed by atoms with E-state index in [4.69, 9.17) is 21.1 Å². The van der Waals surface area contributed by atoms with Crippen molar-refractivity contribution in [3.05, 3.63) is 23.5 Å². The molecular formula is C10H13ClN2O2. The molecule has 1 aromatic heterocycles. The summed E-state index contributed by atoms with van der Waals surface area (Å²) in [5.41, 5.74) is 0.948. The molecule has 15 heavy (non-hydrogen) atoms. The molecule has 0 aliphatic carbocycles. The molecule has 1 atom stereocenters. The second-order valence-electron chi connectivity index (χ2n) is 3.32. The third kappa shape index (κ3) is 3.34. The van der Waals surface area contributed by atoms with Crippen LogP contribution in [0.2, 0.25) is 5.15 Å². The van der Waals surface area contributed by atoms with Gasteiger partial charge in [-0.25, -0.2) is 4.98 Å². The van der Waals surface area contributed by atoms with Crippen molar-refractivity contribution in [2.45, 2.75) is 6.10 Å². The van der Waals surface area contributed by atoms with E-state index in [0.717, 1.165) is 12.2 Å². The summed E-state index contributed by atoms with van der Waals surface area (Å²) in [4.78, 5) is 3.90. The van der Waals surface area contributed by atoms with Crippen molar-refractivity contribution >= 4 is 17.3 Å². The number of ether oxygens (including phenoxy) is 2. The normalized spacial score (nSPS) is 21.3. The number of anilines is 1. The van der Waals surface area contributed by atoms with Gasteiger partial charge in [0.2, 0.25) is 0 Å². The van der Waals surface area contributed by atoms with E-state index in [1.165, 1.54) is 0 Å². The predicted octanol–water partition coefficient (Wildman–Crippen LogP) is 1.56. The SMILES string of the molecule is Clc1cc(NCC2COCCO2)ccn1. The van der Waals surface area contributed by atoms with Gasteiger partial charge in [0.25, 0.3) is 0 Å². The fourth-order valence-corrected chi connectivity index (χ4v) is 1.57. The lowest BCUT2D eigenvalue weighted by Gasteiger charge is -2.23. The number of halogens is 1. The van der Waals surface area contributed by atoms with Gasteiger partial charge in [0.05, 0.1) is 25.9 Å². The Labute approximate surface area is 93.6 Å². The zero-order chi connectivity index (χ0) is 10.5. The molecular weight excluding hydrogens is 216 g/mol.